The van der Waals surface area contributed by atoms with Crippen LogP contribution in [0, 0.1) is 0 Å². The van der Waals surface area contributed by atoms with E-state index in [0.29, 0.717) is 0 Å². The monoisotopic (exact) mass is 268 g/mol. The summed E-state index contributed by atoms with van der Waals surface area (Å²) >= 11 is 0. The second kappa shape index (κ2) is 5.00. The molecule has 20 heavy (non-hydrogen) atoms. The molecule has 0 bridgehead atoms. The number of methoxy groups -OCH3 is 2. The summed E-state index contributed by atoms with van der Waals surface area (Å²) in [4.78, 5) is 12.1. The number of ether oxygens (including phenoxy) is 2. The molecule has 3 heteroatoms. The highest BCUT2D eigenvalue weighted by Gasteiger charge is 2.50. The highest BCUT2D eigenvalue weighted by molar-refractivity contribution is 6.09. The summed E-state index contributed by atoms with van der Waals surface area (Å²) in [6.07, 6.45) is 0. The topological polar surface area (TPSA) is 35.5 Å². The van der Waals surface area contributed by atoms with Gasteiger partial charge in [0.05, 0.1) is 26.1 Å². The molecule has 1 fully saturated rings. The Bertz CT molecular complexity index is 558. The first-order valence-corrected chi connectivity index (χ1v) is 6.56. The van der Waals surface area contributed by atoms with Gasteiger partial charge in [-0.25, -0.2) is 0 Å². The van der Waals surface area contributed by atoms with Gasteiger partial charge in [-0.05, 0) is 35.4 Å². The number of rotatable bonds is 4. The first-order valence-electron chi connectivity index (χ1n) is 6.56. The summed E-state index contributed by atoms with van der Waals surface area (Å²) in [5.41, 5.74) is 2.10. The molecule has 2 aromatic rings. The number of hydrogen-bond donors (Lipinski definition) is 0. The molecule has 2 unspecified atom stereocenters. The third-order valence-corrected chi connectivity index (χ3v) is 3.79. The van der Waals surface area contributed by atoms with Crippen molar-refractivity contribution in [1.82, 2.24) is 0 Å². The molecule has 2 atom stereocenters. The Morgan fingerprint density at radius 2 is 1.05 bits per heavy atom. The van der Waals surface area contributed by atoms with E-state index in [9.17, 15) is 4.79 Å². The van der Waals surface area contributed by atoms with E-state index < -0.39 is 0 Å². The first kappa shape index (κ1) is 12.7. The zero-order valence-electron chi connectivity index (χ0n) is 11.5. The highest BCUT2D eigenvalue weighted by atomic mass is 16.5. The molecule has 1 aliphatic carbocycles. The van der Waals surface area contributed by atoms with Crippen molar-refractivity contribution >= 4 is 5.78 Å². The van der Waals surface area contributed by atoms with Crippen LogP contribution in [0.1, 0.15) is 23.0 Å². The highest BCUT2D eigenvalue weighted by Crippen LogP contribution is 2.50. The van der Waals surface area contributed by atoms with Crippen molar-refractivity contribution in [2.45, 2.75) is 11.8 Å². The quantitative estimate of drug-likeness (QED) is 0.854. The van der Waals surface area contributed by atoms with Crippen LogP contribution in [0.25, 0.3) is 0 Å². The average molecular weight is 268 g/mol. The lowest BCUT2D eigenvalue weighted by Gasteiger charge is -2.03. The van der Waals surface area contributed by atoms with Crippen LogP contribution in [0.5, 0.6) is 11.5 Å². The standard InChI is InChI=1S/C17H16O3/c1-19-13-7-3-11(4-8-13)15-16(17(15)18)12-5-9-14(20-2)10-6-12/h3-10,15-16H,1-2H3. The maximum Gasteiger partial charge on any atom is 0.149 e. The molecule has 0 heterocycles. The van der Waals surface area contributed by atoms with Crippen LogP contribution in [-0.2, 0) is 4.79 Å². The summed E-state index contributed by atoms with van der Waals surface area (Å²) in [6, 6.07) is 15.4. The van der Waals surface area contributed by atoms with Crippen molar-refractivity contribution in [1.29, 1.82) is 0 Å². The number of Topliss-reactive ketones (excluding diaryl/α,β-unsaturated/α-hetero) is 1. The molecule has 1 aliphatic rings. The maximum absolute atomic E-state index is 12.1. The van der Waals surface area contributed by atoms with Crippen LogP contribution >= 0.6 is 0 Å². The van der Waals surface area contributed by atoms with Gasteiger partial charge >= 0.3 is 0 Å². The van der Waals surface area contributed by atoms with E-state index in [-0.39, 0.29) is 17.6 Å². The van der Waals surface area contributed by atoms with Gasteiger partial charge in [-0.15, -0.1) is 0 Å². The average Bonchev–Trinajstić information content (AvgIpc) is 3.18. The van der Waals surface area contributed by atoms with Gasteiger partial charge in [0, 0.05) is 0 Å². The Hall–Kier alpha value is -2.29. The third-order valence-electron chi connectivity index (χ3n) is 3.79. The SMILES string of the molecule is COc1ccc(C2C(=O)C2c2ccc(OC)cc2)cc1. The zero-order valence-corrected chi connectivity index (χ0v) is 11.5. The minimum atomic E-state index is -0.0192. The molecule has 0 aliphatic heterocycles. The lowest BCUT2D eigenvalue weighted by molar-refractivity contribution is -0.110. The van der Waals surface area contributed by atoms with E-state index in [1.165, 1.54) is 0 Å². The molecule has 0 radical (unpaired) electrons. The fourth-order valence-corrected chi connectivity index (χ4v) is 2.58. The van der Waals surface area contributed by atoms with Gasteiger partial charge in [0.1, 0.15) is 17.3 Å². The molecular weight excluding hydrogens is 252 g/mol. The normalized spacial score (nSPS) is 20.6. The predicted octanol–water partition coefficient (Wildman–Crippen LogP) is 3.15. The lowest BCUT2D eigenvalue weighted by atomic mass is 10.0. The number of ketones is 1. The number of benzene rings is 2. The minimum absolute atomic E-state index is 0.0192. The summed E-state index contributed by atoms with van der Waals surface area (Å²) in [5, 5.41) is 0. The molecule has 0 aromatic heterocycles. The molecule has 3 rings (SSSR count). The predicted molar refractivity (Wildman–Crippen MR) is 76.5 cm³/mol. The summed E-state index contributed by atoms with van der Waals surface area (Å²) in [7, 11) is 3.27. The van der Waals surface area contributed by atoms with Crippen molar-refractivity contribution in [2.24, 2.45) is 0 Å². The van der Waals surface area contributed by atoms with E-state index in [1.807, 2.05) is 48.5 Å². The van der Waals surface area contributed by atoms with Crippen LogP contribution in [0.4, 0.5) is 0 Å². The molecule has 102 valence electrons. The van der Waals surface area contributed by atoms with Gasteiger partial charge in [0.2, 0.25) is 0 Å². The molecule has 3 nitrogen and oxygen atoms in total. The van der Waals surface area contributed by atoms with Crippen LogP contribution in [0.3, 0.4) is 0 Å². The molecular formula is C17H16O3. The Balaban J connectivity index is 1.80. The van der Waals surface area contributed by atoms with Gasteiger partial charge in [0.25, 0.3) is 0 Å². The molecule has 2 aromatic carbocycles. The van der Waals surface area contributed by atoms with Gasteiger partial charge in [-0.1, -0.05) is 24.3 Å². The van der Waals surface area contributed by atoms with Crippen LogP contribution < -0.4 is 9.47 Å². The third kappa shape index (κ3) is 2.16. The van der Waals surface area contributed by atoms with Crippen LogP contribution in [-0.4, -0.2) is 20.0 Å². The van der Waals surface area contributed by atoms with E-state index in [0.717, 1.165) is 22.6 Å². The van der Waals surface area contributed by atoms with E-state index in [1.54, 1.807) is 14.2 Å². The number of carbonyl (C=O) groups is 1. The fourth-order valence-electron chi connectivity index (χ4n) is 2.58. The van der Waals surface area contributed by atoms with Gasteiger partial charge in [0.15, 0.2) is 0 Å². The number of hydrogen-bond acceptors (Lipinski definition) is 3. The minimum Gasteiger partial charge on any atom is -0.497 e. The van der Waals surface area contributed by atoms with Gasteiger partial charge < -0.3 is 9.47 Å². The fraction of sp³-hybridized carbons (Fsp3) is 0.235. The summed E-state index contributed by atoms with van der Waals surface area (Å²) < 4.78 is 10.3. The maximum atomic E-state index is 12.1. The van der Waals surface area contributed by atoms with Crippen LogP contribution in [0.15, 0.2) is 48.5 Å². The van der Waals surface area contributed by atoms with Crippen molar-refractivity contribution in [3.63, 3.8) is 0 Å². The second-order valence-corrected chi connectivity index (χ2v) is 4.90. The number of carbonyl (C=O) groups excluding carboxylic acids is 1. The first-order chi connectivity index (χ1) is 9.74. The van der Waals surface area contributed by atoms with Crippen molar-refractivity contribution in [3.8, 4) is 11.5 Å². The molecule has 0 amide bonds. The van der Waals surface area contributed by atoms with E-state index in [2.05, 4.69) is 0 Å². The Labute approximate surface area is 118 Å². The molecule has 1 saturated carbocycles. The zero-order chi connectivity index (χ0) is 14.1. The van der Waals surface area contributed by atoms with Crippen molar-refractivity contribution < 1.29 is 14.3 Å². The molecule has 0 spiro atoms. The lowest BCUT2D eigenvalue weighted by Crippen LogP contribution is -1.87. The van der Waals surface area contributed by atoms with Crippen LogP contribution in [0.2, 0.25) is 0 Å². The molecule has 0 saturated heterocycles. The summed E-state index contributed by atoms with van der Waals surface area (Å²) in [5.74, 6) is 1.86. The van der Waals surface area contributed by atoms with Gasteiger partial charge in [-0.3, -0.25) is 4.79 Å². The molecule has 0 N–H and O–H groups in total. The van der Waals surface area contributed by atoms with Crippen molar-refractivity contribution in [3.05, 3.63) is 59.7 Å². The van der Waals surface area contributed by atoms with Gasteiger partial charge in [-0.2, -0.15) is 0 Å². The Kier molecular flexibility index (Phi) is 3.18. The largest absolute Gasteiger partial charge is 0.497 e. The van der Waals surface area contributed by atoms with Crippen molar-refractivity contribution in [2.75, 3.05) is 14.2 Å². The Morgan fingerprint density at radius 3 is 1.35 bits per heavy atom. The summed E-state index contributed by atoms with van der Waals surface area (Å²) in [6.45, 7) is 0. The van der Waals surface area contributed by atoms with E-state index >= 15 is 0 Å². The Morgan fingerprint density at radius 1 is 0.700 bits per heavy atom. The van der Waals surface area contributed by atoms with E-state index in [4.69, 9.17) is 9.47 Å². The smallest absolute Gasteiger partial charge is 0.149 e. The second-order valence-electron chi connectivity index (χ2n) is 4.90.